The molecule has 0 bridgehead atoms. The lowest BCUT2D eigenvalue weighted by atomic mass is 10.1. The number of hydrogen-bond acceptors (Lipinski definition) is 3. The molecule has 0 radical (unpaired) electrons. The molecule has 2 atom stereocenters. The van der Waals surface area contributed by atoms with E-state index >= 15 is 0 Å². The van der Waals surface area contributed by atoms with E-state index in [1.165, 1.54) is 5.56 Å². The monoisotopic (exact) mass is 338 g/mol. The van der Waals surface area contributed by atoms with Crippen LogP contribution in [0.15, 0.2) is 54.6 Å². The fourth-order valence-electron chi connectivity index (χ4n) is 2.79. The molecule has 2 N–H and O–H groups in total. The van der Waals surface area contributed by atoms with Crippen LogP contribution in [0, 0.1) is 11.8 Å². The molecular formula is C20H22N2O3. The first-order valence-electron chi connectivity index (χ1n) is 8.44. The molecule has 0 heterocycles. The summed E-state index contributed by atoms with van der Waals surface area (Å²) < 4.78 is 5.09. The molecule has 2 unspecified atom stereocenters. The summed E-state index contributed by atoms with van der Waals surface area (Å²) >= 11 is 0. The van der Waals surface area contributed by atoms with Crippen LogP contribution < -0.4 is 15.4 Å². The van der Waals surface area contributed by atoms with Gasteiger partial charge in [-0.3, -0.25) is 9.59 Å². The zero-order valence-corrected chi connectivity index (χ0v) is 14.2. The molecule has 2 aromatic carbocycles. The van der Waals surface area contributed by atoms with Crippen LogP contribution in [0.5, 0.6) is 5.75 Å². The van der Waals surface area contributed by atoms with Gasteiger partial charge in [-0.25, -0.2) is 0 Å². The first-order chi connectivity index (χ1) is 12.2. The third kappa shape index (κ3) is 4.59. The zero-order chi connectivity index (χ0) is 17.6. The Bertz CT molecular complexity index is 728. The Morgan fingerprint density at radius 2 is 1.68 bits per heavy atom. The fraction of sp³-hybridized carbons (Fsp3) is 0.300. The number of methoxy groups -OCH3 is 1. The molecule has 1 fully saturated rings. The van der Waals surface area contributed by atoms with Crippen LogP contribution in [0.2, 0.25) is 0 Å². The van der Waals surface area contributed by atoms with Crippen molar-refractivity contribution in [3.63, 3.8) is 0 Å². The number of rotatable bonds is 7. The number of ether oxygens (including phenoxy) is 1. The Morgan fingerprint density at radius 3 is 2.36 bits per heavy atom. The van der Waals surface area contributed by atoms with Crippen molar-refractivity contribution in [3.8, 4) is 5.75 Å². The first-order valence-corrected chi connectivity index (χ1v) is 8.44. The molecular weight excluding hydrogens is 316 g/mol. The van der Waals surface area contributed by atoms with Gasteiger partial charge in [0.25, 0.3) is 0 Å². The Labute approximate surface area is 147 Å². The molecule has 2 aromatic rings. The Hall–Kier alpha value is -2.82. The van der Waals surface area contributed by atoms with Crippen molar-refractivity contribution in [2.75, 3.05) is 19.0 Å². The van der Waals surface area contributed by atoms with Gasteiger partial charge in [-0.15, -0.1) is 0 Å². The minimum atomic E-state index is -0.237. The van der Waals surface area contributed by atoms with Crippen LogP contribution in [0.25, 0.3) is 0 Å². The van der Waals surface area contributed by atoms with Crippen molar-refractivity contribution in [2.45, 2.75) is 12.8 Å². The Balaban J connectivity index is 1.41. The molecule has 0 saturated heterocycles. The van der Waals surface area contributed by atoms with Gasteiger partial charge < -0.3 is 15.4 Å². The molecule has 1 saturated carbocycles. The van der Waals surface area contributed by atoms with Gasteiger partial charge in [-0.05, 0) is 42.7 Å². The van der Waals surface area contributed by atoms with Crippen molar-refractivity contribution < 1.29 is 14.3 Å². The summed E-state index contributed by atoms with van der Waals surface area (Å²) in [6, 6.07) is 17.2. The average molecular weight is 338 g/mol. The van der Waals surface area contributed by atoms with Gasteiger partial charge in [0.15, 0.2) is 0 Å². The minimum absolute atomic E-state index is 0.0363. The number of nitrogens with one attached hydrogen (secondary N) is 2. The standard InChI is InChI=1S/C20H22N2O3/c1-25-16-9-7-15(8-10-16)22-20(24)18-13-17(18)19(23)21-12-11-14-5-3-2-4-6-14/h2-10,17-18H,11-13H2,1H3,(H,21,23)(H,22,24). The fourth-order valence-corrected chi connectivity index (χ4v) is 2.79. The van der Waals surface area contributed by atoms with E-state index in [0.29, 0.717) is 18.7 Å². The normalized spacial score (nSPS) is 18.3. The third-order valence-electron chi connectivity index (χ3n) is 4.38. The van der Waals surface area contributed by atoms with E-state index < -0.39 is 0 Å². The quantitative estimate of drug-likeness (QED) is 0.815. The van der Waals surface area contributed by atoms with E-state index in [1.807, 2.05) is 30.3 Å². The van der Waals surface area contributed by atoms with Crippen LogP contribution in [-0.4, -0.2) is 25.5 Å². The molecule has 5 nitrogen and oxygen atoms in total. The highest BCUT2D eigenvalue weighted by molar-refractivity contribution is 5.99. The number of carbonyl (C=O) groups excluding carboxylic acids is 2. The molecule has 2 amide bonds. The summed E-state index contributed by atoms with van der Waals surface area (Å²) in [5.41, 5.74) is 1.90. The minimum Gasteiger partial charge on any atom is -0.497 e. The van der Waals surface area contributed by atoms with Gasteiger partial charge in [-0.2, -0.15) is 0 Å². The van der Waals surface area contributed by atoms with E-state index in [1.54, 1.807) is 31.4 Å². The Kier molecular flexibility index (Phi) is 5.33. The molecule has 3 rings (SSSR count). The highest BCUT2D eigenvalue weighted by atomic mass is 16.5. The molecule has 1 aliphatic carbocycles. The SMILES string of the molecule is COc1ccc(NC(=O)C2CC2C(=O)NCCc2ccccc2)cc1. The smallest absolute Gasteiger partial charge is 0.228 e. The lowest BCUT2D eigenvalue weighted by Gasteiger charge is -2.07. The summed E-state index contributed by atoms with van der Waals surface area (Å²) in [5, 5.41) is 5.77. The van der Waals surface area contributed by atoms with Crippen molar-refractivity contribution in [1.29, 1.82) is 0 Å². The third-order valence-corrected chi connectivity index (χ3v) is 4.38. The maximum atomic E-state index is 12.2. The maximum Gasteiger partial charge on any atom is 0.228 e. The second-order valence-corrected chi connectivity index (χ2v) is 6.19. The van der Waals surface area contributed by atoms with Gasteiger partial charge >= 0.3 is 0 Å². The number of hydrogen-bond donors (Lipinski definition) is 2. The molecule has 1 aliphatic rings. The van der Waals surface area contributed by atoms with Crippen LogP contribution in [0.1, 0.15) is 12.0 Å². The van der Waals surface area contributed by atoms with E-state index in [2.05, 4.69) is 10.6 Å². The van der Waals surface area contributed by atoms with Crippen molar-refractivity contribution >= 4 is 17.5 Å². The predicted octanol–water partition coefficient (Wildman–Crippen LogP) is 2.63. The van der Waals surface area contributed by atoms with Crippen LogP contribution >= 0.6 is 0 Å². The van der Waals surface area contributed by atoms with Crippen molar-refractivity contribution in [1.82, 2.24) is 5.32 Å². The lowest BCUT2D eigenvalue weighted by molar-refractivity contribution is -0.125. The molecule has 130 valence electrons. The van der Waals surface area contributed by atoms with E-state index in [-0.39, 0.29) is 23.7 Å². The largest absolute Gasteiger partial charge is 0.497 e. The first kappa shape index (κ1) is 17.0. The Morgan fingerprint density at radius 1 is 1.00 bits per heavy atom. The van der Waals surface area contributed by atoms with Gasteiger partial charge in [0.1, 0.15) is 5.75 Å². The number of amides is 2. The predicted molar refractivity (Wildman–Crippen MR) is 96.4 cm³/mol. The van der Waals surface area contributed by atoms with Crippen LogP contribution in [0.3, 0.4) is 0 Å². The molecule has 0 aliphatic heterocycles. The molecule has 5 heteroatoms. The van der Waals surface area contributed by atoms with Gasteiger partial charge in [0.2, 0.25) is 11.8 Å². The van der Waals surface area contributed by atoms with E-state index in [0.717, 1.165) is 12.2 Å². The zero-order valence-electron chi connectivity index (χ0n) is 14.2. The van der Waals surface area contributed by atoms with Crippen molar-refractivity contribution in [3.05, 3.63) is 60.2 Å². The summed E-state index contributed by atoms with van der Waals surface area (Å²) in [4.78, 5) is 24.4. The van der Waals surface area contributed by atoms with Gasteiger partial charge in [-0.1, -0.05) is 30.3 Å². The average Bonchev–Trinajstić information content (AvgIpc) is 3.44. The highest BCUT2D eigenvalue weighted by Crippen LogP contribution is 2.39. The maximum absolute atomic E-state index is 12.2. The molecule has 0 aromatic heterocycles. The highest BCUT2D eigenvalue weighted by Gasteiger charge is 2.47. The number of anilines is 1. The second-order valence-electron chi connectivity index (χ2n) is 6.19. The summed E-state index contributed by atoms with van der Waals surface area (Å²) in [6.07, 6.45) is 1.40. The molecule has 25 heavy (non-hydrogen) atoms. The molecule has 0 spiro atoms. The van der Waals surface area contributed by atoms with Gasteiger partial charge in [0, 0.05) is 12.2 Å². The number of carbonyl (C=O) groups is 2. The van der Waals surface area contributed by atoms with Crippen molar-refractivity contribution in [2.24, 2.45) is 11.8 Å². The number of benzene rings is 2. The lowest BCUT2D eigenvalue weighted by Crippen LogP contribution is -2.29. The summed E-state index contributed by atoms with van der Waals surface area (Å²) in [6.45, 7) is 0.589. The summed E-state index contributed by atoms with van der Waals surface area (Å²) in [5.74, 6) is 0.145. The van der Waals surface area contributed by atoms with Gasteiger partial charge in [0.05, 0.1) is 18.9 Å². The summed E-state index contributed by atoms with van der Waals surface area (Å²) in [7, 11) is 1.60. The van der Waals surface area contributed by atoms with Crippen LogP contribution in [0.4, 0.5) is 5.69 Å². The van der Waals surface area contributed by atoms with Crippen LogP contribution in [-0.2, 0) is 16.0 Å². The topological polar surface area (TPSA) is 67.4 Å². The second kappa shape index (κ2) is 7.83. The van der Waals surface area contributed by atoms with E-state index in [9.17, 15) is 9.59 Å². The van der Waals surface area contributed by atoms with E-state index in [4.69, 9.17) is 4.74 Å².